The third-order valence-corrected chi connectivity index (χ3v) is 7.31. The number of carboxylic acids is 1. The van der Waals surface area contributed by atoms with Gasteiger partial charge in [0.1, 0.15) is 6.61 Å². The molecule has 1 heterocycles. The summed E-state index contributed by atoms with van der Waals surface area (Å²) in [7, 11) is 0. The molecule has 1 saturated heterocycles. The van der Waals surface area contributed by atoms with Gasteiger partial charge in [-0.25, -0.2) is 9.59 Å². The van der Waals surface area contributed by atoms with Crippen LogP contribution in [0, 0.1) is 0 Å². The minimum Gasteiger partial charge on any atom is -0.478 e. The molecular formula is C33H37N3O5. The van der Waals surface area contributed by atoms with Crippen molar-refractivity contribution in [3.05, 3.63) is 113 Å². The third kappa shape index (κ3) is 9.24. The molecule has 41 heavy (non-hydrogen) atoms. The molecule has 3 aromatic carbocycles. The maximum Gasteiger partial charge on any atom is 0.407 e. The molecule has 2 amide bonds. The SMILES string of the molecule is Nc1cccc(C(=O)N2CCC(c3cccc(CNC(=O)OCc4ccccc4)c3)CC2)c1.O=C(O)C=C1CCC1. The molecule has 0 unspecified atom stereocenters. The second-order valence-electron chi connectivity index (χ2n) is 10.3. The van der Waals surface area contributed by atoms with Crippen molar-refractivity contribution in [2.24, 2.45) is 0 Å². The van der Waals surface area contributed by atoms with Crippen LogP contribution in [0.15, 0.2) is 90.5 Å². The summed E-state index contributed by atoms with van der Waals surface area (Å²) in [5.74, 6) is -0.382. The maximum atomic E-state index is 12.8. The highest BCUT2D eigenvalue weighted by Gasteiger charge is 2.24. The Morgan fingerprint density at radius 1 is 0.927 bits per heavy atom. The topological polar surface area (TPSA) is 122 Å². The highest BCUT2D eigenvalue weighted by atomic mass is 16.5. The second kappa shape index (κ2) is 14.7. The van der Waals surface area contributed by atoms with Crippen LogP contribution in [-0.4, -0.2) is 41.1 Å². The van der Waals surface area contributed by atoms with Gasteiger partial charge in [0.05, 0.1) is 0 Å². The van der Waals surface area contributed by atoms with Crippen LogP contribution in [-0.2, 0) is 22.7 Å². The summed E-state index contributed by atoms with van der Waals surface area (Å²) in [5, 5.41) is 11.0. The van der Waals surface area contributed by atoms with Crippen LogP contribution < -0.4 is 11.1 Å². The van der Waals surface area contributed by atoms with E-state index < -0.39 is 12.1 Å². The van der Waals surface area contributed by atoms with Crippen LogP contribution in [0.5, 0.6) is 0 Å². The highest BCUT2D eigenvalue weighted by molar-refractivity contribution is 5.95. The predicted octanol–water partition coefficient (Wildman–Crippen LogP) is 5.90. The molecule has 0 spiro atoms. The van der Waals surface area contributed by atoms with E-state index in [1.54, 1.807) is 12.1 Å². The first-order valence-corrected chi connectivity index (χ1v) is 14.0. The van der Waals surface area contributed by atoms with Gasteiger partial charge in [-0.3, -0.25) is 4.79 Å². The number of likely N-dealkylation sites (tertiary alicyclic amines) is 1. The summed E-state index contributed by atoms with van der Waals surface area (Å²) >= 11 is 0. The average Bonchev–Trinajstić information content (AvgIpc) is 2.97. The number of hydrogen-bond acceptors (Lipinski definition) is 5. The fourth-order valence-corrected chi connectivity index (χ4v) is 4.88. The summed E-state index contributed by atoms with van der Waals surface area (Å²) in [6, 6.07) is 25.0. The van der Waals surface area contributed by atoms with Gasteiger partial charge in [0, 0.05) is 37.0 Å². The van der Waals surface area contributed by atoms with Crippen molar-refractivity contribution >= 4 is 23.7 Å². The lowest BCUT2D eigenvalue weighted by Crippen LogP contribution is -2.38. The summed E-state index contributed by atoms with van der Waals surface area (Å²) in [6.07, 6.45) is 5.84. The number of rotatable bonds is 7. The smallest absolute Gasteiger partial charge is 0.407 e. The van der Waals surface area contributed by atoms with Crippen molar-refractivity contribution in [1.29, 1.82) is 0 Å². The van der Waals surface area contributed by atoms with Crippen molar-refractivity contribution < 1.29 is 24.2 Å². The minimum atomic E-state index is -0.806. The number of carboxylic acid groups (broad SMARTS) is 1. The number of alkyl carbamates (subject to hydrolysis) is 1. The Kier molecular flexibility index (Phi) is 10.5. The monoisotopic (exact) mass is 555 g/mol. The Labute approximate surface area is 240 Å². The zero-order valence-corrected chi connectivity index (χ0v) is 23.1. The molecule has 2 fully saturated rings. The number of aliphatic carboxylic acids is 1. The molecule has 0 atom stereocenters. The van der Waals surface area contributed by atoms with Gasteiger partial charge in [-0.2, -0.15) is 0 Å². The number of carbonyl (C=O) groups is 3. The number of benzene rings is 3. The largest absolute Gasteiger partial charge is 0.478 e. The fourth-order valence-electron chi connectivity index (χ4n) is 4.88. The summed E-state index contributed by atoms with van der Waals surface area (Å²) in [6.45, 7) is 2.09. The van der Waals surface area contributed by atoms with Crippen LogP contribution in [0.4, 0.5) is 10.5 Å². The molecule has 1 aliphatic heterocycles. The second-order valence-corrected chi connectivity index (χ2v) is 10.3. The molecule has 3 aromatic rings. The van der Waals surface area contributed by atoms with Crippen LogP contribution in [0.2, 0.25) is 0 Å². The first-order valence-electron chi connectivity index (χ1n) is 14.0. The zero-order valence-electron chi connectivity index (χ0n) is 23.1. The van der Waals surface area contributed by atoms with Gasteiger partial charge in [-0.05, 0) is 72.9 Å². The molecule has 8 nitrogen and oxygen atoms in total. The molecule has 4 N–H and O–H groups in total. The van der Waals surface area contributed by atoms with Gasteiger partial charge in [0.2, 0.25) is 0 Å². The first-order chi connectivity index (χ1) is 19.9. The molecule has 1 saturated carbocycles. The lowest BCUT2D eigenvalue weighted by atomic mass is 9.88. The van der Waals surface area contributed by atoms with Crippen LogP contribution >= 0.6 is 0 Å². The number of nitrogen functional groups attached to an aromatic ring is 1. The molecule has 2 aliphatic rings. The summed E-state index contributed by atoms with van der Waals surface area (Å²) in [5.41, 5.74) is 11.4. The molecule has 0 bridgehead atoms. The lowest BCUT2D eigenvalue weighted by Gasteiger charge is -2.32. The van der Waals surface area contributed by atoms with Crippen LogP contribution in [0.25, 0.3) is 0 Å². The number of nitrogens with two attached hydrogens (primary N) is 1. The Morgan fingerprint density at radius 2 is 1.63 bits per heavy atom. The van der Waals surface area contributed by atoms with Gasteiger partial charge in [0.15, 0.2) is 0 Å². The maximum absolute atomic E-state index is 12.8. The summed E-state index contributed by atoms with van der Waals surface area (Å²) < 4.78 is 5.28. The van der Waals surface area contributed by atoms with Crippen molar-refractivity contribution in [3.8, 4) is 0 Å². The standard InChI is InChI=1S/C27H29N3O3.C6H8O2/c28-25-11-5-10-24(17-25)26(31)30-14-12-22(13-15-30)23-9-4-8-21(16-23)18-29-27(32)33-19-20-6-2-1-3-7-20;7-6(8)4-5-2-1-3-5/h1-11,16-17,22H,12-15,18-19,28H2,(H,29,32);4H,1-3H2,(H,7,8). The van der Waals surface area contributed by atoms with Gasteiger partial charge >= 0.3 is 12.1 Å². The summed E-state index contributed by atoms with van der Waals surface area (Å²) in [4.78, 5) is 36.6. The van der Waals surface area contributed by atoms with Gasteiger partial charge < -0.3 is 25.8 Å². The zero-order chi connectivity index (χ0) is 29.0. The first kappa shape index (κ1) is 29.4. The Balaban J connectivity index is 0.000000417. The number of hydrogen-bond donors (Lipinski definition) is 3. The van der Waals surface area contributed by atoms with E-state index in [0.29, 0.717) is 36.8 Å². The molecule has 5 rings (SSSR count). The van der Waals surface area contributed by atoms with E-state index in [0.717, 1.165) is 42.4 Å². The van der Waals surface area contributed by atoms with Crippen molar-refractivity contribution in [3.63, 3.8) is 0 Å². The molecule has 0 radical (unpaired) electrons. The van der Waals surface area contributed by atoms with E-state index in [4.69, 9.17) is 15.6 Å². The van der Waals surface area contributed by atoms with Crippen LogP contribution in [0.3, 0.4) is 0 Å². The van der Waals surface area contributed by atoms with Crippen molar-refractivity contribution in [2.45, 2.75) is 51.2 Å². The Morgan fingerprint density at radius 3 is 2.27 bits per heavy atom. The van der Waals surface area contributed by atoms with E-state index in [-0.39, 0.29) is 12.5 Å². The van der Waals surface area contributed by atoms with Gasteiger partial charge in [-0.15, -0.1) is 0 Å². The molecule has 214 valence electrons. The number of nitrogens with zero attached hydrogens (tertiary/aromatic N) is 1. The van der Waals surface area contributed by atoms with Gasteiger partial charge in [-0.1, -0.05) is 66.2 Å². The van der Waals surface area contributed by atoms with Crippen molar-refractivity contribution in [2.75, 3.05) is 18.8 Å². The van der Waals surface area contributed by atoms with E-state index in [1.807, 2.05) is 59.5 Å². The average molecular weight is 556 g/mol. The predicted molar refractivity (Wildman–Crippen MR) is 158 cm³/mol. The third-order valence-electron chi connectivity index (χ3n) is 7.31. The van der Waals surface area contributed by atoms with E-state index in [2.05, 4.69) is 17.4 Å². The van der Waals surface area contributed by atoms with E-state index >= 15 is 0 Å². The molecular weight excluding hydrogens is 518 g/mol. The lowest BCUT2D eigenvalue weighted by molar-refractivity contribution is -0.131. The van der Waals surface area contributed by atoms with E-state index in [9.17, 15) is 14.4 Å². The molecule has 8 heteroatoms. The quantitative estimate of drug-likeness (QED) is 0.247. The number of nitrogens with one attached hydrogen (secondary N) is 1. The number of anilines is 1. The van der Waals surface area contributed by atoms with Gasteiger partial charge in [0.25, 0.3) is 5.91 Å². The number of amides is 2. The Hall–Kier alpha value is -4.59. The molecule has 1 aliphatic carbocycles. The molecule has 0 aromatic heterocycles. The highest BCUT2D eigenvalue weighted by Crippen LogP contribution is 2.29. The number of ether oxygens (including phenoxy) is 1. The number of carbonyl (C=O) groups excluding carboxylic acids is 2. The van der Waals surface area contributed by atoms with Crippen LogP contribution in [0.1, 0.15) is 65.1 Å². The Bertz CT molecular complexity index is 1360. The number of allylic oxidation sites excluding steroid dienone is 1. The van der Waals surface area contributed by atoms with Crippen molar-refractivity contribution in [1.82, 2.24) is 10.2 Å². The normalized spacial score (nSPS) is 14.6. The number of piperidine rings is 1. The minimum absolute atomic E-state index is 0.0349. The van der Waals surface area contributed by atoms with E-state index in [1.165, 1.54) is 18.1 Å². The fraction of sp³-hybridized carbons (Fsp3) is 0.303.